The second kappa shape index (κ2) is 8.04. The van der Waals surface area contributed by atoms with Gasteiger partial charge in [0.15, 0.2) is 0 Å². The van der Waals surface area contributed by atoms with E-state index in [9.17, 15) is 22.0 Å². The van der Waals surface area contributed by atoms with Crippen molar-refractivity contribution in [2.24, 2.45) is 0 Å². The molecule has 34 heavy (non-hydrogen) atoms. The molecule has 0 spiro atoms. The Balaban J connectivity index is 1.32. The van der Waals surface area contributed by atoms with Crippen LogP contribution in [0, 0.1) is 11.6 Å². The number of benzene rings is 1. The monoisotopic (exact) mass is 481 g/mol. The van der Waals surface area contributed by atoms with Gasteiger partial charge in [-0.15, -0.1) is 5.10 Å². The van der Waals surface area contributed by atoms with Crippen molar-refractivity contribution < 1.29 is 31.4 Å². The second-order valence-corrected chi connectivity index (χ2v) is 7.44. The molecule has 2 aliphatic rings. The summed E-state index contributed by atoms with van der Waals surface area (Å²) in [5, 5.41) is 10.6. The van der Waals surface area contributed by atoms with Gasteiger partial charge in [-0.3, -0.25) is 10.0 Å². The molecule has 1 saturated heterocycles. The van der Waals surface area contributed by atoms with E-state index in [1.807, 2.05) is 16.1 Å². The highest BCUT2D eigenvalue weighted by Crippen LogP contribution is 2.38. The second-order valence-electron chi connectivity index (χ2n) is 7.44. The van der Waals surface area contributed by atoms with Gasteiger partial charge in [0.2, 0.25) is 11.8 Å². The van der Waals surface area contributed by atoms with Crippen LogP contribution in [0.25, 0.3) is 0 Å². The molecule has 1 fully saturated rings. The number of fused-ring (bicyclic) bond motifs is 1. The van der Waals surface area contributed by atoms with Gasteiger partial charge in [0.05, 0.1) is 25.0 Å². The quantitative estimate of drug-likeness (QED) is 0.512. The van der Waals surface area contributed by atoms with E-state index < -0.39 is 30.4 Å². The van der Waals surface area contributed by atoms with Crippen molar-refractivity contribution in [1.82, 2.24) is 24.8 Å². The highest BCUT2D eigenvalue weighted by atomic mass is 19.4. The SMILES string of the molecule is COc1cc(N2CC3C(Nc4nc(Oc5cc(F)cc(F)c5)n(CC(F)(F)F)n4)=CN32)ccn1. The maximum atomic E-state index is 13.4. The van der Waals surface area contributed by atoms with E-state index in [0.717, 1.165) is 17.8 Å². The van der Waals surface area contributed by atoms with Crippen molar-refractivity contribution >= 4 is 11.6 Å². The summed E-state index contributed by atoms with van der Waals surface area (Å²) in [7, 11) is 1.52. The molecule has 178 valence electrons. The standard InChI is InChI=1S/C20H16F5N7O2/c1-33-17-7-13(2-3-26-17)31-9-16-15(8-32(16)31)27-18-28-19(30(29-18)10-20(23,24)25)34-14-5-11(21)4-12(22)6-14/h2-8,16H,9-10H2,1H3,(H,27,29). The molecule has 14 heteroatoms. The van der Waals surface area contributed by atoms with Gasteiger partial charge in [-0.25, -0.2) is 18.4 Å². The molecular weight excluding hydrogens is 465 g/mol. The largest absolute Gasteiger partial charge is 0.481 e. The number of alkyl halides is 3. The van der Waals surface area contributed by atoms with Crippen LogP contribution in [-0.4, -0.2) is 50.6 Å². The van der Waals surface area contributed by atoms with Crippen molar-refractivity contribution in [2.45, 2.75) is 18.8 Å². The zero-order valence-electron chi connectivity index (χ0n) is 17.4. The number of ether oxygens (including phenoxy) is 2. The van der Waals surface area contributed by atoms with Gasteiger partial charge in [0, 0.05) is 36.7 Å². The molecule has 0 amide bonds. The van der Waals surface area contributed by atoms with E-state index >= 15 is 0 Å². The Morgan fingerprint density at radius 2 is 1.91 bits per heavy atom. The predicted molar refractivity (Wildman–Crippen MR) is 108 cm³/mol. The van der Waals surface area contributed by atoms with Crippen LogP contribution in [0.3, 0.4) is 0 Å². The van der Waals surface area contributed by atoms with Crippen molar-refractivity contribution in [3.63, 3.8) is 0 Å². The van der Waals surface area contributed by atoms with Crippen molar-refractivity contribution in [3.05, 3.63) is 60.1 Å². The molecule has 0 radical (unpaired) electrons. The van der Waals surface area contributed by atoms with E-state index in [2.05, 4.69) is 20.4 Å². The summed E-state index contributed by atoms with van der Waals surface area (Å²) < 4.78 is 76.7. The molecule has 9 nitrogen and oxygen atoms in total. The summed E-state index contributed by atoms with van der Waals surface area (Å²) in [5.41, 5.74) is 1.55. The van der Waals surface area contributed by atoms with Crippen LogP contribution in [0.4, 0.5) is 33.6 Å². The van der Waals surface area contributed by atoms with Crippen LogP contribution in [-0.2, 0) is 6.54 Å². The lowest BCUT2D eigenvalue weighted by atomic mass is 10.0. The zero-order chi connectivity index (χ0) is 24.0. The Kier molecular flexibility index (Phi) is 5.14. The number of nitrogens with zero attached hydrogens (tertiary/aromatic N) is 6. The molecule has 3 aromatic rings. The predicted octanol–water partition coefficient (Wildman–Crippen LogP) is 3.69. The molecule has 0 bridgehead atoms. The lowest BCUT2D eigenvalue weighted by Crippen LogP contribution is -2.69. The number of hydrogen-bond donors (Lipinski definition) is 1. The van der Waals surface area contributed by atoms with Crippen LogP contribution in [0.15, 0.2) is 48.4 Å². The average Bonchev–Trinajstić information content (AvgIpc) is 3.09. The molecule has 5 rings (SSSR count). The van der Waals surface area contributed by atoms with Crippen molar-refractivity contribution in [3.8, 4) is 17.6 Å². The minimum Gasteiger partial charge on any atom is -0.481 e. The smallest absolute Gasteiger partial charge is 0.408 e. The van der Waals surface area contributed by atoms with Gasteiger partial charge in [-0.2, -0.15) is 18.2 Å². The summed E-state index contributed by atoms with van der Waals surface area (Å²) in [4.78, 5) is 7.99. The van der Waals surface area contributed by atoms with Gasteiger partial charge in [-0.05, 0) is 6.07 Å². The first-order valence-corrected chi connectivity index (χ1v) is 9.88. The third kappa shape index (κ3) is 4.25. The highest BCUT2D eigenvalue weighted by molar-refractivity contribution is 5.56. The molecule has 0 saturated carbocycles. The number of hydrogen-bond acceptors (Lipinski definition) is 8. The zero-order valence-corrected chi connectivity index (χ0v) is 17.4. The molecule has 1 atom stereocenters. The number of pyridine rings is 1. The number of halogens is 5. The average molecular weight is 481 g/mol. The lowest BCUT2D eigenvalue weighted by molar-refractivity contribution is -0.143. The Labute approximate surface area is 189 Å². The fourth-order valence-electron chi connectivity index (χ4n) is 3.54. The summed E-state index contributed by atoms with van der Waals surface area (Å²) in [6.45, 7) is -0.901. The molecule has 4 heterocycles. The van der Waals surface area contributed by atoms with E-state index in [1.165, 1.54) is 7.11 Å². The van der Waals surface area contributed by atoms with Crippen LogP contribution >= 0.6 is 0 Å². The van der Waals surface area contributed by atoms with E-state index in [4.69, 9.17) is 9.47 Å². The molecule has 1 N–H and O–H groups in total. The third-order valence-corrected chi connectivity index (χ3v) is 5.07. The molecular formula is C20H16F5N7O2. The number of aromatic nitrogens is 4. The molecule has 2 aromatic heterocycles. The van der Waals surface area contributed by atoms with Gasteiger partial charge in [-0.1, -0.05) is 0 Å². The van der Waals surface area contributed by atoms with Crippen LogP contribution in [0.1, 0.15) is 0 Å². The van der Waals surface area contributed by atoms with Crippen LogP contribution in [0.5, 0.6) is 17.6 Å². The Bertz CT molecular complexity index is 1240. The summed E-state index contributed by atoms with van der Waals surface area (Å²) >= 11 is 0. The minimum absolute atomic E-state index is 0.0459. The highest BCUT2D eigenvalue weighted by Gasteiger charge is 2.45. The van der Waals surface area contributed by atoms with E-state index in [-0.39, 0.29) is 17.7 Å². The van der Waals surface area contributed by atoms with Gasteiger partial charge < -0.3 is 14.8 Å². The van der Waals surface area contributed by atoms with Crippen molar-refractivity contribution in [1.29, 1.82) is 0 Å². The number of methoxy groups -OCH3 is 1. The van der Waals surface area contributed by atoms with Gasteiger partial charge in [0.1, 0.15) is 30.0 Å². The topological polar surface area (TPSA) is 80.6 Å². The van der Waals surface area contributed by atoms with Crippen molar-refractivity contribution in [2.75, 3.05) is 24.0 Å². The third-order valence-electron chi connectivity index (χ3n) is 5.07. The Morgan fingerprint density at radius 1 is 1.15 bits per heavy atom. The molecule has 1 aromatic carbocycles. The van der Waals surface area contributed by atoms with E-state index in [0.29, 0.717) is 28.9 Å². The lowest BCUT2D eigenvalue weighted by Gasteiger charge is -2.58. The summed E-state index contributed by atoms with van der Waals surface area (Å²) in [6, 6.07) is 5.24. The molecule has 2 aliphatic heterocycles. The van der Waals surface area contributed by atoms with E-state index in [1.54, 1.807) is 18.5 Å². The van der Waals surface area contributed by atoms with Gasteiger partial charge >= 0.3 is 12.2 Å². The molecule has 1 unspecified atom stereocenters. The number of rotatable bonds is 7. The number of hydrazine groups is 1. The molecule has 0 aliphatic carbocycles. The van der Waals surface area contributed by atoms with Crippen LogP contribution < -0.4 is 19.8 Å². The maximum Gasteiger partial charge on any atom is 0.408 e. The first-order chi connectivity index (χ1) is 16.2. The van der Waals surface area contributed by atoms with Gasteiger partial charge in [0.25, 0.3) is 0 Å². The number of anilines is 2. The normalized spacial score (nSPS) is 16.9. The first kappa shape index (κ1) is 21.7. The Hall–Kier alpha value is -4.10. The fourth-order valence-corrected chi connectivity index (χ4v) is 3.54. The first-order valence-electron chi connectivity index (χ1n) is 9.88. The Morgan fingerprint density at radius 3 is 2.56 bits per heavy atom. The van der Waals surface area contributed by atoms with Crippen LogP contribution in [0.2, 0.25) is 0 Å². The minimum atomic E-state index is -4.62. The maximum absolute atomic E-state index is 13.4. The summed E-state index contributed by atoms with van der Waals surface area (Å²) in [6.07, 6.45) is -1.26. The summed E-state index contributed by atoms with van der Waals surface area (Å²) in [5.74, 6) is -1.93. The number of nitrogens with one attached hydrogen (secondary N) is 1. The fraction of sp³-hybridized carbons (Fsp3) is 0.250.